The molecule has 1 amide bonds. The van der Waals surface area contributed by atoms with Crippen LogP contribution in [0.4, 0.5) is 5.13 Å². The molecule has 3 aromatic rings. The highest BCUT2D eigenvalue weighted by molar-refractivity contribution is 7.16. The smallest absolute Gasteiger partial charge is 0.226 e. The first-order valence-electron chi connectivity index (χ1n) is 8.63. The lowest BCUT2D eigenvalue weighted by Gasteiger charge is -2.04. The summed E-state index contributed by atoms with van der Waals surface area (Å²) in [7, 11) is 3.28. The summed E-state index contributed by atoms with van der Waals surface area (Å²) in [4.78, 5) is 17.9. The third-order valence-electron chi connectivity index (χ3n) is 4.21. The van der Waals surface area contributed by atoms with Crippen molar-refractivity contribution in [3.63, 3.8) is 0 Å². The van der Waals surface area contributed by atoms with Crippen LogP contribution >= 0.6 is 11.3 Å². The fraction of sp³-hybridized carbons (Fsp3) is 0.238. The Labute approximate surface area is 163 Å². The van der Waals surface area contributed by atoms with Gasteiger partial charge in [-0.2, -0.15) is 0 Å². The van der Waals surface area contributed by atoms with Gasteiger partial charge in [-0.3, -0.25) is 4.79 Å². The Morgan fingerprint density at radius 2 is 1.59 bits per heavy atom. The molecular formula is C21H22N2O3S. The predicted octanol–water partition coefficient (Wildman–Crippen LogP) is 4.71. The van der Waals surface area contributed by atoms with Crippen molar-refractivity contribution in [2.45, 2.75) is 19.8 Å². The third-order valence-corrected chi connectivity index (χ3v) is 5.09. The number of carbonyl (C=O) groups is 1. The van der Waals surface area contributed by atoms with Gasteiger partial charge in [0.2, 0.25) is 5.91 Å². The molecule has 140 valence electrons. The van der Waals surface area contributed by atoms with Gasteiger partial charge in [-0.1, -0.05) is 12.1 Å². The van der Waals surface area contributed by atoms with Gasteiger partial charge in [0.1, 0.15) is 11.5 Å². The first-order chi connectivity index (χ1) is 13.1. The molecule has 0 saturated heterocycles. The van der Waals surface area contributed by atoms with Gasteiger partial charge in [-0.05, 0) is 55.3 Å². The van der Waals surface area contributed by atoms with Gasteiger partial charge in [0.05, 0.1) is 19.9 Å². The molecular weight excluding hydrogens is 360 g/mol. The average Bonchev–Trinajstić information content (AvgIpc) is 3.06. The van der Waals surface area contributed by atoms with Crippen LogP contribution in [-0.2, 0) is 11.2 Å². The Morgan fingerprint density at radius 1 is 1.00 bits per heavy atom. The number of aromatic nitrogens is 1. The van der Waals surface area contributed by atoms with E-state index in [2.05, 4.69) is 10.3 Å². The largest absolute Gasteiger partial charge is 0.497 e. The molecule has 0 radical (unpaired) electrons. The van der Waals surface area contributed by atoms with Crippen molar-refractivity contribution in [3.05, 3.63) is 59.0 Å². The van der Waals surface area contributed by atoms with E-state index in [1.807, 2.05) is 55.5 Å². The van der Waals surface area contributed by atoms with Crippen LogP contribution in [-0.4, -0.2) is 25.1 Å². The van der Waals surface area contributed by atoms with Crippen LogP contribution in [0.15, 0.2) is 48.5 Å². The summed E-state index contributed by atoms with van der Waals surface area (Å²) in [6, 6.07) is 15.5. The highest BCUT2D eigenvalue weighted by atomic mass is 32.1. The summed E-state index contributed by atoms with van der Waals surface area (Å²) < 4.78 is 10.3. The van der Waals surface area contributed by atoms with E-state index in [1.165, 1.54) is 11.3 Å². The van der Waals surface area contributed by atoms with Crippen molar-refractivity contribution in [2.75, 3.05) is 19.5 Å². The maximum absolute atomic E-state index is 12.3. The summed E-state index contributed by atoms with van der Waals surface area (Å²) >= 11 is 1.48. The molecule has 0 aliphatic carbocycles. The van der Waals surface area contributed by atoms with E-state index in [-0.39, 0.29) is 5.91 Å². The molecule has 0 aliphatic heterocycles. The molecule has 3 rings (SSSR count). The highest BCUT2D eigenvalue weighted by Gasteiger charge is 2.12. The third kappa shape index (κ3) is 4.86. The molecule has 0 fully saturated rings. The number of aryl methyl sites for hydroxylation is 2. The fourth-order valence-electron chi connectivity index (χ4n) is 2.70. The van der Waals surface area contributed by atoms with Gasteiger partial charge in [0, 0.05) is 16.9 Å². The summed E-state index contributed by atoms with van der Waals surface area (Å²) in [5, 5.41) is 3.53. The number of rotatable bonds is 7. The maximum Gasteiger partial charge on any atom is 0.226 e. The second-order valence-electron chi connectivity index (χ2n) is 6.05. The SMILES string of the molecule is COc1ccc(CCC(=O)Nc2nc(-c3ccc(OC)cc3)c(C)s2)cc1. The second kappa shape index (κ2) is 8.68. The zero-order valence-electron chi connectivity index (χ0n) is 15.6. The lowest BCUT2D eigenvalue weighted by atomic mass is 10.1. The van der Waals surface area contributed by atoms with Crippen LogP contribution in [0.1, 0.15) is 16.9 Å². The van der Waals surface area contributed by atoms with Crippen LogP contribution in [0.25, 0.3) is 11.3 Å². The molecule has 6 heteroatoms. The number of benzene rings is 2. The molecule has 1 heterocycles. The number of amides is 1. The van der Waals surface area contributed by atoms with Crippen LogP contribution < -0.4 is 14.8 Å². The Morgan fingerprint density at radius 3 is 2.19 bits per heavy atom. The normalized spacial score (nSPS) is 10.5. The molecule has 0 aliphatic rings. The van der Waals surface area contributed by atoms with E-state index >= 15 is 0 Å². The lowest BCUT2D eigenvalue weighted by molar-refractivity contribution is -0.116. The summed E-state index contributed by atoms with van der Waals surface area (Å²) in [5.74, 6) is 1.58. The minimum atomic E-state index is -0.0409. The van der Waals surface area contributed by atoms with Crippen molar-refractivity contribution < 1.29 is 14.3 Å². The van der Waals surface area contributed by atoms with Gasteiger partial charge in [-0.15, -0.1) is 11.3 Å². The van der Waals surface area contributed by atoms with Gasteiger partial charge in [-0.25, -0.2) is 4.98 Å². The second-order valence-corrected chi connectivity index (χ2v) is 7.25. The van der Waals surface area contributed by atoms with E-state index in [0.29, 0.717) is 18.0 Å². The molecule has 27 heavy (non-hydrogen) atoms. The number of thiazole rings is 1. The molecule has 1 N–H and O–H groups in total. The summed E-state index contributed by atoms with van der Waals surface area (Å²) in [5.41, 5.74) is 2.98. The summed E-state index contributed by atoms with van der Waals surface area (Å²) in [6.45, 7) is 2.00. The predicted molar refractivity (Wildman–Crippen MR) is 109 cm³/mol. The van der Waals surface area contributed by atoms with Crippen molar-refractivity contribution in [1.29, 1.82) is 0 Å². The molecule has 0 spiro atoms. The first-order valence-corrected chi connectivity index (χ1v) is 9.45. The lowest BCUT2D eigenvalue weighted by Crippen LogP contribution is -2.12. The van der Waals surface area contributed by atoms with Crippen molar-refractivity contribution in [1.82, 2.24) is 4.98 Å². The monoisotopic (exact) mass is 382 g/mol. The maximum atomic E-state index is 12.3. The molecule has 0 atom stereocenters. The quantitative estimate of drug-likeness (QED) is 0.643. The zero-order chi connectivity index (χ0) is 19.2. The molecule has 5 nitrogen and oxygen atoms in total. The number of hydrogen-bond acceptors (Lipinski definition) is 5. The first kappa shape index (κ1) is 18.9. The Hall–Kier alpha value is -2.86. The van der Waals surface area contributed by atoms with Crippen molar-refractivity contribution >= 4 is 22.4 Å². The standard InChI is InChI=1S/C21H22N2O3S/c1-14-20(16-7-11-18(26-3)12-8-16)23-21(27-14)22-19(24)13-6-15-4-9-17(25-2)10-5-15/h4-5,7-12H,6,13H2,1-3H3,(H,22,23,24). The van der Waals surface area contributed by atoms with E-state index in [0.717, 1.165) is 33.2 Å². The number of ether oxygens (including phenoxy) is 2. The highest BCUT2D eigenvalue weighted by Crippen LogP contribution is 2.31. The van der Waals surface area contributed by atoms with Crippen LogP contribution in [0.2, 0.25) is 0 Å². The van der Waals surface area contributed by atoms with Crippen LogP contribution in [0.3, 0.4) is 0 Å². The molecule has 2 aromatic carbocycles. The fourth-order valence-corrected chi connectivity index (χ4v) is 3.55. The van der Waals surface area contributed by atoms with Gasteiger partial charge in [0.25, 0.3) is 0 Å². The zero-order valence-corrected chi connectivity index (χ0v) is 16.4. The van der Waals surface area contributed by atoms with Gasteiger partial charge >= 0.3 is 0 Å². The van der Waals surface area contributed by atoms with E-state index < -0.39 is 0 Å². The average molecular weight is 382 g/mol. The van der Waals surface area contributed by atoms with Crippen LogP contribution in [0, 0.1) is 6.92 Å². The number of anilines is 1. The Balaban J connectivity index is 1.60. The topological polar surface area (TPSA) is 60.5 Å². The Bertz CT molecular complexity index is 902. The van der Waals surface area contributed by atoms with E-state index in [9.17, 15) is 4.79 Å². The van der Waals surface area contributed by atoms with E-state index in [4.69, 9.17) is 9.47 Å². The van der Waals surface area contributed by atoms with Gasteiger partial charge in [0.15, 0.2) is 5.13 Å². The molecule has 0 bridgehead atoms. The number of carbonyl (C=O) groups excluding carboxylic acids is 1. The molecule has 0 unspecified atom stereocenters. The van der Waals surface area contributed by atoms with Gasteiger partial charge < -0.3 is 14.8 Å². The van der Waals surface area contributed by atoms with Crippen molar-refractivity contribution in [3.8, 4) is 22.8 Å². The number of nitrogens with one attached hydrogen (secondary N) is 1. The van der Waals surface area contributed by atoms with Crippen molar-refractivity contribution in [2.24, 2.45) is 0 Å². The minimum absolute atomic E-state index is 0.0409. The molecule has 1 aromatic heterocycles. The van der Waals surface area contributed by atoms with E-state index in [1.54, 1.807) is 14.2 Å². The summed E-state index contributed by atoms with van der Waals surface area (Å²) in [6.07, 6.45) is 1.08. The number of hydrogen-bond donors (Lipinski definition) is 1. The number of methoxy groups -OCH3 is 2. The number of nitrogens with zero attached hydrogens (tertiary/aromatic N) is 1. The Kier molecular flexibility index (Phi) is 6.08. The van der Waals surface area contributed by atoms with Crippen LogP contribution in [0.5, 0.6) is 11.5 Å². The minimum Gasteiger partial charge on any atom is -0.497 e. The molecule has 0 saturated carbocycles.